The van der Waals surface area contributed by atoms with Crippen molar-refractivity contribution in [2.75, 3.05) is 12.4 Å². The molecule has 2 N–H and O–H groups in total. The number of fused-ring (bicyclic) bond motifs is 1. The second kappa shape index (κ2) is 9.67. The van der Waals surface area contributed by atoms with Gasteiger partial charge in [0.2, 0.25) is 5.91 Å². The van der Waals surface area contributed by atoms with Crippen molar-refractivity contribution in [1.82, 2.24) is 9.88 Å². The first-order chi connectivity index (χ1) is 16.0. The summed E-state index contributed by atoms with van der Waals surface area (Å²) in [6.07, 6.45) is 5.26. The molecule has 0 spiro atoms. The predicted octanol–water partition coefficient (Wildman–Crippen LogP) is 5.16. The molecule has 5 rings (SSSR count). The van der Waals surface area contributed by atoms with Crippen molar-refractivity contribution in [2.24, 2.45) is 0 Å². The molecule has 33 heavy (non-hydrogen) atoms. The number of rotatable bonds is 7. The van der Waals surface area contributed by atoms with Crippen LogP contribution in [0.3, 0.4) is 0 Å². The summed E-state index contributed by atoms with van der Waals surface area (Å²) in [6.45, 7) is 0.319. The van der Waals surface area contributed by atoms with Gasteiger partial charge >= 0.3 is 0 Å². The number of halogens is 2. The zero-order valence-electron chi connectivity index (χ0n) is 18.3. The number of aliphatic hydroxyl groups excluding tert-OH is 1. The van der Waals surface area contributed by atoms with Gasteiger partial charge in [-0.3, -0.25) is 4.79 Å². The Hall–Kier alpha value is -2.05. The van der Waals surface area contributed by atoms with E-state index in [0.29, 0.717) is 24.4 Å². The van der Waals surface area contributed by atoms with E-state index in [1.165, 1.54) is 24.0 Å². The van der Waals surface area contributed by atoms with Crippen LogP contribution in [0.2, 0.25) is 5.02 Å². The number of nitrogens with one attached hydrogen (secondary N) is 1. The Morgan fingerprint density at radius 3 is 2.67 bits per heavy atom. The van der Waals surface area contributed by atoms with E-state index < -0.39 is 6.10 Å². The smallest absolute Gasteiger partial charge is 0.235 e. The maximum absolute atomic E-state index is 11.6. The number of aliphatic hydroxyl groups is 1. The van der Waals surface area contributed by atoms with Crippen molar-refractivity contribution in [3.05, 3.63) is 70.4 Å². The van der Waals surface area contributed by atoms with Gasteiger partial charge in [0.05, 0.1) is 22.7 Å². The highest BCUT2D eigenvalue weighted by atomic mass is 35.5. The van der Waals surface area contributed by atoms with Crippen molar-refractivity contribution in [1.29, 1.82) is 0 Å². The quantitative estimate of drug-likeness (QED) is 0.453. The summed E-state index contributed by atoms with van der Waals surface area (Å²) in [5.41, 5.74) is 4.78. The number of nitrogens with zero attached hydrogens (tertiary/aromatic N) is 1. The van der Waals surface area contributed by atoms with E-state index in [-0.39, 0.29) is 24.1 Å². The predicted molar refractivity (Wildman–Crippen MR) is 131 cm³/mol. The number of hydrogen-bond donors (Lipinski definition) is 2. The summed E-state index contributed by atoms with van der Waals surface area (Å²) in [7, 11) is 0. The molecular weight excluding hydrogens is 459 g/mol. The molecule has 3 aromatic rings. The van der Waals surface area contributed by atoms with E-state index in [2.05, 4.69) is 40.3 Å². The Morgan fingerprint density at radius 2 is 1.94 bits per heavy atom. The highest BCUT2D eigenvalue weighted by molar-refractivity contribution is 6.35. The van der Waals surface area contributed by atoms with E-state index in [9.17, 15) is 9.90 Å². The minimum Gasteiger partial charge on any atom is -0.393 e. The fraction of sp³-hybridized carbons (Fsp3) is 0.423. The van der Waals surface area contributed by atoms with Crippen LogP contribution in [0.1, 0.15) is 54.5 Å². The molecule has 1 aliphatic carbocycles. The summed E-state index contributed by atoms with van der Waals surface area (Å²) in [6, 6.07) is 14.8. The standard InChI is InChI=1S/C26H28Cl2N2O3/c27-13-24(32)29-14-21-11-20(31)12-25(33-21)30-15-19(26-22(28)2-1-3-23(26)30)10-16-4-6-17(7-5-16)18-8-9-18/h1-7,15,18,20-21,25,31H,8-14H2,(H,29,32). The molecule has 1 amide bonds. The van der Waals surface area contributed by atoms with Gasteiger partial charge in [-0.15, -0.1) is 11.6 Å². The molecule has 1 aliphatic heterocycles. The van der Waals surface area contributed by atoms with Crippen LogP contribution in [0, 0.1) is 0 Å². The number of alkyl halides is 1. The summed E-state index contributed by atoms with van der Waals surface area (Å²) >= 11 is 12.2. The van der Waals surface area contributed by atoms with Crippen LogP contribution in [-0.4, -0.2) is 40.2 Å². The lowest BCUT2D eigenvalue weighted by atomic mass is 10.0. The fourth-order valence-electron chi connectivity index (χ4n) is 4.82. The largest absolute Gasteiger partial charge is 0.393 e. The zero-order chi connectivity index (χ0) is 22.9. The normalized spacial score (nSPS) is 23.1. The van der Waals surface area contributed by atoms with E-state index in [0.717, 1.165) is 28.8 Å². The third kappa shape index (κ3) is 5.07. The Morgan fingerprint density at radius 1 is 1.15 bits per heavy atom. The van der Waals surface area contributed by atoms with Gasteiger partial charge in [0.15, 0.2) is 0 Å². The van der Waals surface area contributed by atoms with Crippen LogP contribution in [0.25, 0.3) is 10.9 Å². The first-order valence-corrected chi connectivity index (χ1v) is 12.5. The van der Waals surface area contributed by atoms with E-state index in [1.807, 2.05) is 18.2 Å². The molecule has 2 aliphatic rings. The first kappa shape index (κ1) is 22.7. The van der Waals surface area contributed by atoms with Crippen molar-refractivity contribution < 1.29 is 14.6 Å². The molecule has 2 fully saturated rings. The van der Waals surface area contributed by atoms with Gasteiger partial charge in [-0.1, -0.05) is 41.9 Å². The van der Waals surface area contributed by atoms with Gasteiger partial charge in [-0.05, 0) is 54.0 Å². The van der Waals surface area contributed by atoms with Gasteiger partial charge in [0.25, 0.3) is 0 Å². The highest BCUT2D eigenvalue weighted by Crippen LogP contribution is 2.40. The molecule has 2 heterocycles. The topological polar surface area (TPSA) is 63.5 Å². The van der Waals surface area contributed by atoms with E-state index in [1.54, 1.807) is 0 Å². The molecule has 7 heteroatoms. The molecule has 5 nitrogen and oxygen atoms in total. The fourth-order valence-corrected chi connectivity index (χ4v) is 5.20. The number of benzene rings is 2. The third-order valence-corrected chi connectivity index (χ3v) is 7.18. The third-order valence-electron chi connectivity index (χ3n) is 6.63. The lowest BCUT2D eigenvalue weighted by molar-refractivity contribution is -0.132. The van der Waals surface area contributed by atoms with Crippen molar-refractivity contribution >= 4 is 40.0 Å². The van der Waals surface area contributed by atoms with Gasteiger partial charge in [0.1, 0.15) is 12.1 Å². The summed E-state index contributed by atoms with van der Waals surface area (Å²) in [5.74, 6) is 0.405. The van der Waals surface area contributed by atoms with E-state index in [4.69, 9.17) is 27.9 Å². The molecule has 3 atom stereocenters. The average Bonchev–Trinajstić information content (AvgIpc) is 3.60. The van der Waals surface area contributed by atoms with Crippen molar-refractivity contribution in [2.45, 2.75) is 56.5 Å². The summed E-state index contributed by atoms with van der Waals surface area (Å²) < 4.78 is 8.38. The molecule has 1 saturated heterocycles. The summed E-state index contributed by atoms with van der Waals surface area (Å²) in [4.78, 5) is 11.6. The maximum Gasteiger partial charge on any atom is 0.235 e. The minimum absolute atomic E-state index is 0.0928. The second-order valence-electron chi connectivity index (χ2n) is 9.16. The van der Waals surface area contributed by atoms with Crippen LogP contribution >= 0.6 is 23.2 Å². The lowest BCUT2D eigenvalue weighted by Gasteiger charge is -2.34. The Labute approximate surface area is 203 Å². The van der Waals surface area contributed by atoms with Crippen LogP contribution in [0.4, 0.5) is 0 Å². The molecule has 1 aromatic heterocycles. The van der Waals surface area contributed by atoms with Gasteiger partial charge in [-0.25, -0.2) is 0 Å². The molecule has 2 aromatic carbocycles. The second-order valence-corrected chi connectivity index (χ2v) is 9.84. The molecule has 0 radical (unpaired) electrons. The summed E-state index contributed by atoms with van der Waals surface area (Å²) in [5, 5.41) is 15.0. The lowest BCUT2D eigenvalue weighted by Crippen LogP contribution is -2.41. The van der Waals surface area contributed by atoms with Crippen LogP contribution in [0.15, 0.2) is 48.7 Å². The average molecular weight is 487 g/mol. The van der Waals surface area contributed by atoms with Gasteiger partial charge in [-0.2, -0.15) is 0 Å². The van der Waals surface area contributed by atoms with Crippen LogP contribution in [-0.2, 0) is 16.0 Å². The molecule has 1 saturated carbocycles. The number of hydrogen-bond acceptors (Lipinski definition) is 3. The van der Waals surface area contributed by atoms with Gasteiger partial charge in [0, 0.05) is 31.0 Å². The molecule has 0 bridgehead atoms. The van der Waals surface area contributed by atoms with Crippen molar-refractivity contribution in [3.8, 4) is 0 Å². The number of amides is 1. The molecular formula is C26H28Cl2N2O3. The number of carbonyl (C=O) groups excluding carboxylic acids is 1. The number of aromatic nitrogens is 1. The van der Waals surface area contributed by atoms with Crippen LogP contribution < -0.4 is 5.32 Å². The SMILES string of the molecule is O=C(CCl)NCC1CC(O)CC(n2cc(Cc3ccc(C4CC4)cc3)c3c(Cl)cccc32)O1. The Kier molecular flexibility index (Phi) is 6.66. The zero-order valence-corrected chi connectivity index (χ0v) is 19.9. The van der Waals surface area contributed by atoms with Crippen LogP contribution in [0.5, 0.6) is 0 Å². The Balaban J connectivity index is 1.42. The number of ether oxygens (including phenoxy) is 1. The monoisotopic (exact) mass is 486 g/mol. The van der Waals surface area contributed by atoms with Crippen molar-refractivity contribution in [3.63, 3.8) is 0 Å². The highest BCUT2D eigenvalue weighted by Gasteiger charge is 2.31. The van der Waals surface area contributed by atoms with Gasteiger partial charge < -0.3 is 19.7 Å². The van der Waals surface area contributed by atoms with E-state index >= 15 is 0 Å². The maximum atomic E-state index is 11.6. The Bertz CT molecular complexity index is 1140. The molecule has 3 unspecified atom stereocenters. The number of carbonyl (C=O) groups is 1. The minimum atomic E-state index is -0.517. The first-order valence-electron chi connectivity index (χ1n) is 11.5. The molecule has 174 valence electrons.